The SMILES string of the molecule is CCC1CN(C(C)=O)CCC1NCc1ccc(COC)cc1. The topological polar surface area (TPSA) is 41.6 Å². The van der Waals surface area contributed by atoms with E-state index in [9.17, 15) is 4.79 Å². The average Bonchev–Trinajstić information content (AvgIpc) is 2.54. The van der Waals surface area contributed by atoms with Crippen molar-refractivity contribution in [2.75, 3.05) is 20.2 Å². The summed E-state index contributed by atoms with van der Waals surface area (Å²) in [5.74, 6) is 0.746. The molecule has 4 nitrogen and oxygen atoms in total. The molecule has 1 saturated heterocycles. The van der Waals surface area contributed by atoms with E-state index in [-0.39, 0.29) is 5.91 Å². The molecule has 2 rings (SSSR count). The predicted octanol–water partition coefficient (Wildman–Crippen LogP) is 2.57. The fraction of sp³-hybridized carbons (Fsp3) is 0.611. The number of nitrogens with one attached hydrogen (secondary N) is 1. The van der Waals surface area contributed by atoms with Crippen molar-refractivity contribution < 1.29 is 9.53 Å². The lowest BCUT2D eigenvalue weighted by Crippen LogP contribution is -2.50. The molecule has 2 atom stereocenters. The van der Waals surface area contributed by atoms with Crippen LogP contribution in [-0.2, 0) is 22.7 Å². The zero-order chi connectivity index (χ0) is 15.9. The molecule has 0 bridgehead atoms. The molecule has 1 amide bonds. The van der Waals surface area contributed by atoms with Gasteiger partial charge in [-0.1, -0.05) is 37.6 Å². The first-order chi connectivity index (χ1) is 10.6. The number of rotatable bonds is 6. The number of hydrogen-bond donors (Lipinski definition) is 1. The molecule has 0 aliphatic carbocycles. The van der Waals surface area contributed by atoms with Crippen LogP contribution >= 0.6 is 0 Å². The maximum Gasteiger partial charge on any atom is 0.219 e. The second kappa shape index (κ2) is 8.30. The van der Waals surface area contributed by atoms with E-state index >= 15 is 0 Å². The van der Waals surface area contributed by atoms with Gasteiger partial charge in [-0.3, -0.25) is 4.79 Å². The van der Waals surface area contributed by atoms with Crippen molar-refractivity contribution in [3.63, 3.8) is 0 Å². The first-order valence-corrected chi connectivity index (χ1v) is 8.19. The molecule has 1 N–H and O–H groups in total. The number of likely N-dealkylation sites (tertiary alicyclic amines) is 1. The number of nitrogens with zero attached hydrogens (tertiary/aromatic N) is 1. The van der Waals surface area contributed by atoms with E-state index in [1.165, 1.54) is 11.1 Å². The Morgan fingerprint density at radius 1 is 1.32 bits per heavy atom. The van der Waals surface area contributed by atoms with Crippen molar-refractivity contribution in [3.05, 3.63) is 35.4 Å². The van der Waals surface area contributed by atoms with E-state index in [1.54, 1.807) is 14.0 Å². The lowest BCUT2D eigenvalue weighted by molar-refractivity contribution is -0.131. The summed E-state index contributed by atoms with van der Waals surface area (Å²) in [7, 11) is 1.72. The molecule has 0 saturated carbocycles. The summed E-state index contributed by atoms with van der Waals surface area (Å²) >= 11 is 0. The molecule has 1 aliphatic heterocycles. The number of ether oxygens (including phenoxy) is 1. The van der Waals surface area contributed by atoms with Crippen LogP contribution in [0.1, 0.15) is 37.8 Å². The quantitative estimate of drug-likeness (QED) is 0.878. The predicted molar refractivity (Wildman–Crippen MR) is 88.4 cm³/mol. The molecule has 0 spiro atoms. The lowest BCUT2D eigenvalue weighted by Gasteiger charge is -2.38. The summed E-state index contributed by atoms with van der Waals surface area (Å²) < 4.78 is 5.13. The van der Waals surface area contributed by atoms with Gasteiger partial charge in [0.1, 0.15) is 0 Å². The van der Waals surface area contributed by atoms with Gasteiger partial charge in [-0.15, -0.1) is 0 Å². The molecule has 0 radical (unpaired) electrons. The number of methoxy groups -OCH3 is 1. The molecule has 1 heterocycles. The number of carbonyl (C=O) groups is 1. The molecule has 0 aromatic heterocycles. The summed E-state index contributed by atoms with van der Waals surface area (Å²) in [4.78, 5) is 13.5. The van der Waals surface area contributed by atoms with Gasteiger partial charge in [0.15, 0.2) is 0 Å². The van der Waals surface area contributed by atoms with Crippen molar-refractivity contribution in [1.82, 2.24) is 10.2 Å². The van der Waals surface area contributed by atoms with Crippen LogP contribution in [0.25, 0.3) is 0 Å². The van der Waals surface area contributed by atoms with Gasteiger partial charge in [0.2, 0.25) is 5.91 Å². The van der Waals surface area contributed by atoms with Crippen LogP contribution in [0.3, 0.4) is 0 Å². The van der Waals surface area contributed by atoms with Crippen molar-refractivity contribution in [1.29, 1.82) is 0 Å². The fourth-order valence-electron chi connectivity index (χ4n) is 3.17. The van der Waals surface area contributed by atoms with E-state index in [2.05, 4.69) is 36.5 Å². The zero-order valence-electron chi connectivity index (χ0n) is 14.0. The third-order valence-electron chi connectivity index (χ3n) is 4.61. The molecule has 122 valence electrons. The second-order valence-corrected chi connectivity index (χ2v) is 6.16. The number of hydrogen-bond acceptors (Lipinski definition) is 3. The third kappa shape index (κ3) is 4.55. The highest BCUT2D eigenvalue weighted by molar-refractivity contribution is 5.73. The molecule has 2 unspecified atom stereocenters. The Labute approximate surface area is 133 Å². The van der Waals surface area contributed by atoms with E-state index in [0.717, 1.165) is 32.5 Å². The van der Waals surface area contributed by atoms with E-state index in [4.69, 9.17) is 4.74 Å². The summed E-state index contributed by atoms with van der Waals surface area (Å²) in [6.45, 7) is 7.18. The fourth-order valence-corrected chi connectivity index (χ4v) is 3.17. The van der Waals surface area contributed by atoms with Gasteiger partial charge in [-0.25, -0.2) is 0 Å². The van der Waals surface area contributed by atoms with E-state index in [0.29, 0.717) is 18.6 Å². The van der Waals surface area contributed by atoms with Crippen molar-refractivity contribution >= 4 is 5.91 Å². The first kappa shape index (κ1) is 17.0. The average molecular weight is 304 g/mol. The monoisotopic (exact) mass is 304 g/mol. The molecule has 4 heteroatoms. The molecule has 1 aromatic carbocycles. The van der Waals surface area contributed by atoms with Gasteiger partial charge in [0.25, 0.3) is 0 Å². The third-order valence-corrected chi connectivity index (χ3v) is 4.61. The van der Waals surface area contributed by atoms with Gasteiger partial charge in [0.05, 0.1) is 6.61 Å². The van der Waals surface area contributed by atoms with Crippen LogP contribution in [-0.4, -0.2) is 37.0 Å². The number of benzene rings is 1. The summed E-state index contributed by atoms with van der Waals surface area (Å²) in [6, 6.07) is 9.06. The zero-order valence-corrected chi connectivity index (χ0v) is 14.0. The molecule has 22 heavy (non-hydrogen) atoms. The van der Waals surface area contributed by atoms with E-state index in [1.807, 2.05) is 4.90 Å². The minimum Gasteiger partial charge on any atom is -0.380 e. The maximum absolute atomic E-state index is 11.5. The van der Waals surface area contributed by atoms with Gasteiger partial charge >= 0.3 is 0 Å². The standard InChI is InChI=1S/C18H28N2O2/c1-4-17-12-20(14(2)21)10-9-18(17)19-11-15-5-7-16(8-6-15)13-22-3/h5-8,17-19H,4,9-13H2,1-3H3. The van der Waals surface area contributed by atoms with Crippen molar-refractivity contribution in [2.24, 2.45) is 5.92 Å². The molecule has 1 fully saturated rings. The van der Waals surface area contributed by atoms with Crippen LogP contribution in [0.15, 0.2) is 24.3 Å². The second-order valence-electron chi connectivity index (χ2n) is 6.16. The molecule has 1 aliphatic rings. The number of piperidine rings is 1. The number of carbonyl (C=O) groups excluding carboxylic acids is 1. The van der Waals surface area contributed by atoms with Crippen molar-refractivity contribution in [2.45, 2.75) is 45.9 Å². The van der Waals surface area contributed by atoms with Gasteiger partial charge in [-0.05, 0) is 23.5 Å². The highest BCUT2D eigenvalue weighted by Crippen LogP contribution is 2.21. The Bertz CT molecular complexity index is 472. The Kier molecular flexibility index (Phi) is 6.40. The maximum atomic E-state index is 11.5. The lowest BCUT2D eigenvalue weighted by atomic mass is 9.89. The molecular weight excluding hydrogens is 276 g/mol. The first-order valence-electron chi connectivity index (χ1n) is 8.19. The van der Waals surface area contributed by atoms with Gasteiger partial charge in [-0.2, -0.15) is 0 Å². The molecule has 1 aromatic rings. The van der Waals surface area contributed by atoms with E-state index < -0.39 is 0 Å². The van der Waals surface area contributed by atoms with Crippen LogP contribution in [0.4, 0.5) is 0 Å². The summed E-state index contributed by atoms with van der Waals surface area (Å²) in [5, 5.41) is 3.68. The van der Waals surface area contributed by atoms with Crippen LogP contribution < -0.4 is 5.32 Å². The Morgan fingerprint density at radius 3 is 2.59 bits per heavy atom. The number of amides is 1. The Hall–Kier alpha value is -1.39. The summed E-state index contributed by atoms with van der Waals surface area (Å²) in [6.07, 6.45) is 2.15. The van der Waals surface area contributed by atoms with Crippen LogP contribution in [0.2, 0.25) is 0 Å². The van der Waals surface area contributed by atoms with Crippen molar-refractivity contribution in [3.8, 4) is 0 Å². The largest absolute Gasteiger partial charge is 0.380 e. The Balaban J connectivity index is 1.86. The normalized spacial score (nSPS) is 21.9. The highest BCUT2D eigenvalue weighted by atomic mass is 16.5. The minimum atomic E-state index is 0.200. The summed E-state index contributed by atoms with van der Waals surface area (Å²) in [5.41, 5.74) is 2.50. The van der Waals surface area contributed by atoms with Gasteiger partial charge in [0, 0.05) is 39.7 Å². The minimum absolute atomic E-state index is 0.200. The van der Waals surface area contributed by atoms with Gasteiger partial charge < -0.3 is 15.0 Å². The highest BCUT2D eigenvalue weighted by Gasteiger charge is 2.28. The smallest absolute Gasteiger partial charge is 0.219 e. The van der Waals surface area contributed by atoms with Crippen LogP contribution in [0.5, 0.6) is 0 Å². The molecular formula is C18H28N2O2. The van der Waals surface area contributed by atoms with Crippen LogP contribution in [0, 0.1) is 5.92 Å². The Morgan fingerprint density at radius 2 is 2.00 bits per heavy atom.